The number of hydrogen-bond acceptors (Lipinski definition) is 7. The first-order chi connectivity index (χ1) is 14.2. The lowest BCUT2D eigenvalue weighted by atomic mass is 10.0. The minimum absolute atomic E-state index is 0.222. The molecular formula is C20H20FN7O. The van der Waals surface area contributed by atoms with Gasteiger partial charge in [0, 0.05) is 18.5 Å². The summed E-state index contributed by atoms with van der Waals surface area (Å²) in [5.74, 6) is 1.37. The number of aromatic nitrogens is 4. The van der Waals surface area contributed by atoms with E-state index in [0.717, 1.165) is 25.9 Å². The number of anilines is 2. The van der Waals surface area contributed by atoms with Crippen molar-refractivity contribution in [3.63, 3.8) is 0 Å². The fraction of sp³-hybridized carbons (Fsp3) is 0.300. The zero-order valence-corrected chi connectivity index (χ0v) is 15.7. The van der Waals surface area contributed by atoms with Crippen molar-refractivity contribution in [2.24, 2.45) is 5.92 Å². The molecule has 1 aromatic carbocycles. The van der Waals surface area contributed by atoms with Crippen LogP contribution in [0.1, 0.15) is 18.5 Å². The molecule has 1 aliphatic rings. The minimum Gasteiger partial charge on any atom is -0.492 e. The summed E-state index contributed by atoms with van der Waals surface area (Å²) in [6, 6.07) is 8.37. The summed E-state index contributed by atoms with van der Waals surface area (Å²) in [5, 5.41) is 22.1. The highest BCUT2D eigenvalue weighted by molar-refractivity contribution is 5.71. The Labute approximate surface area is 167 Å². The van der Waals surface area contributed by atoms with Gasteiger partial charge in [-0.3, -0.25) is 5.10 Å². The van der Waals surface area contributed by atoms with Crippen molar-refractivity contribution in [1.82, 2.24) is 25.5 Å². The molecule has 1 atom stereocenters. The van der Waals surface area contributed by atoms with E-state index in [1.807, 2.05) is 6.07 Å². The van der Waals surface area contributed by atoms with E-state index in [0.29, 0.717) is 41.2 Å². The van der Waals surface area contributed by atoms with Crippen molar-refractivity contribution in [2.45, 2.75) is 12.8 Å². The Morgan fingerprint density at radius 2 is 2.21 bits per heavy atom. The molecule has 0 aliphatic carbocycles. The molecule has 2 aromatic heterocycles. The maximum atomic E-state index is 14.6. The van der Waals surface area contributed by atoms with Gasteiger partial charge in [-0.2, -0.15) is 10.4 Å². The third-order valence-corrected chi connectivity index (χ3v) is 4.72. The minimum atomic E-state index is -0.391. The van der Waals surface area contributed by atoms with Crippen LogP contribution < -0.4 is 15.4 Å². The number of rotatable bonds is 6. The molecule has 1 fully saturated rings. The fourth-order valence-corrected chi connectivity index (χ4v) is 3.26. The molecule has 0 bridgehead atoms. The van der Waals surface area contributed by atoms with Gasteiger partial charge in [0.05, 0.1) is 30.3 Å². The predicted octanol–water partition coefficient (Wildman–Crippen LogP) is 3.00. The van der Waals surface area contributed by atoms with Crippen LogP contribution in [-0.2, 0) is 0 Å². The maximum Gasteiger partial charge on any atom is 0.158 e. The normalized spacial score (nSPS) is 16.2. The van der Waals surface area contributed by atoms with E-state index in [4.69, 9.17) is 10.00 Å². The SMILES string of the molecule is N#Cc1cnc(Nc2cc(-c3c(F)cccc3OC[C@H]3CCCNC3)[nH]n2)cn1. The maximum absolute atomic E-state index is 14.6. The van der Waals surface area contributed by atoms with E-state index in [9.17, 15) is 4.39 Å². The summed E-state index contributed by atoms with van der Waals surface area (Å²) in [7, 11) is 0. The van der Waals surface area contributed by atoms with E-state index >= 15 is 0 Å². The Balaban J connectivity index is 1.51. The van der Waals surface area contributed by atoms with Gasteiger partial charge in [0.2, 0.25) is 0 Å². The molecule has 0 radical (unpaired) electrons. The topological polar surface area (TPSA) is 112 Å². The largest absolute Gasteiger partial charge is 0.492 e. The van der Waals surface area contributed by atoms with Gasteiger partial charge in [0.15, 0.2) is 11.5 Å². The van der Waals surface area contributed by atoms with Gasteiger partial charge in [-0.15, -0.1) is 0 Å². The number of H-pyrrole nitrogens is 1. The number of nitrogens with zero attached hydrogens (tertiary/aromatic N) is 4. The molecule has 1 saturated heterocycles. The quantitative estimate of drug-likeness (QED) is 0.590. The van der Waals surface area contributed by atoms with Crippen molar-refractivity contribution >= 4 is 11.6 Å². The second-order valence-corrected chi connectivity index (χ2v) is 6.83. The predicted molar refractivity (Wildman–Crippen MR) is 105 cm³/mol. The molecule has 3 aromatic rings. The van der Waals surface area contributed by atoms with Crippen LogP contribution in [0.5, 0.6) is 5.75 Å². The third-order valence-electron chi connectivity index (χ3n) is 4.72. The Morgan fingerprint density at radius 3 is 2.97 bits per heavy atom. The molecule has 0 saturated carbocycles. The molecule has 0 unspecified atom stereocenters. The lowest BCUT2D eigenvalue weighted by Crippen LogP contribution is -2.33. The third kappa shape index (κ3) is 4.50. The second kappa shape index (κ2) is 8.67. The van der Waals surface area contributed by atoms with E-state index in [1.165, 1.54) is 18.5 Å². The van der Waals surface area contributed by atoms with Gasteiger partial charge >= 0.3 is 0 Å². The number of piperidine rings is 1. The van der Waals surface area contributed by atoms with Gasteiger partial charge < -0.3 is 15.4 Å². The molecule has 3 N–H and O–H groups in total. The smallest absolute Gasteiger partial charge is 0.158 e. The molecular weight excluding hydrogens is 373 g/mol. The average Bonchev–Trinajstić information content (AvgIpc) is 3.21. The van der Waals surface area contributed by atoms with Crippen LogP contribution in [-0.4, -0.2) is 39.9 Å². The summed E-state index contributed by atoms with van der Waals surface area (Å²) in [6.07, 6.45) is 5.01. The zero-order valence-electron chi connectivity index (χ0n) is 15.7. The summed E-state index contributed by atoms with van der Waals surface area (Å²) in [4.78, 5) is 8.03. The van der Waals surface area contributed by atoms with Gasteiger partial charge in [0.25, 0.3) is 0 Å². The molecule has 4 rings (SSSR count). The van der Waals surface area contributed by atoms with Gasteiger partial charge in [-0.25, -0.2) is 14.4 Å². The number of ether oxygens (including phenoxy) is 1. The van der Waals surface area contributed by atoms with Crippen molar-refractivity contribution in [1.29, 1.82) is 5.26 Å². The molecule has 1 aliphatic heterocycles. The first-order valence-corrected chi connectivity index (χ1v) is 9.40. The summed E-state index contributed by atoms with van der Waals surface area (Å²) < 4.78 is 20.6. The highest BCUT2D eigenvalue weighted by Gasteiger charge is 2.18. The van der Waals surface area contributed by atoms with Gasteiger partial charge in [0.1, 0.15) is 23.5 Å². The van der Waals surface area contributed by atoms with Gasteiger partial charge in [-0.05, 0) is 31.5 Å². The lowest BCUT2D eigenvalue weighted by molar-refractivity contribution is 0.218. The molecule has 29 heavy (non-hydrogen) atoms. The van der Waals surface area contributed by atoms with Crippen molar-refractivity contribution in [2.75, 3.05) is 25.0 Å². The Hall–Kier alpha value is -3.51. The number of hydrogen-bond donors (Lipinski definition) is 3. The van der Waals surface area contributed by atoms with E-state index < -0.39 is 5.82 Å². The van der Waals surface area contributed by atoms with Crippen molar-refractivity contribution < 1.29 is 9.13 Å². The Bertz CT molecular complexity index is 1010. The van der Waals surface area contributed by atoms with Crippen LogP contribution in [0.2, 0.25) is 0 Å². The fourth-order valence-electron chi connectivity index (χ4n) is 3.26. The molecule has 148 valence electrons. The van der Waals surface area contributed by atoms with E-state index in [2.05, 4.69) is 30.8 Å². The highest BCUT2D eigenvalue weighted by Crippen LogP contribution is 2.33. The Kier molecular flexibility index (Phi) is 5.63. The standard InChI is InChI=1S/C20H20FN7O/c21-15-4-1-5-17(29-12-13-3-2-6-23-9-13)20(15)16-7-18(28-27-16)26-19-11-24-14(8-22)10-25-19/h1,4-5,7,10-11,13,23H,2-3,6,9,12H2,(H2,25,26,27,28)/t13-/m0/s1. The Morgan fingerprint density at radius 1 is 1.28 bits per heavy atom. The van der Waals surface area contributed by atoms with Gasteiger partial charge in [-0.1, -0.05) is 6.07 Å². The molecule has 0 amide bonds. The molecule has 8 nitrogen and oxygen atoms in total. The highest BCUT2D eigenvalue weighted by atomic mass is 19.1. The van der Waals surface area contributed by atoms with Crippen molar-refractivity contribution in [3.05, 3.63) is 48.2 Å². The van der Waals surface area contributed by atoms with Crippen LogP contribution in [0, 0.1) is 23.1 Å². The molecule has 0 spiro atoms. The van der Waals surface area contributed by atoms with E-state index in [-0.39, 0.29) is 5.69 Å². The van der Waals surface area contributed by atoms with Crippen LogP contribution in [0.3, 0.4) is 0 Å². The second-order valence-electron chi connectivity index (χ2n) is 6.83. The summed E-state index contributed by atoms with van der Waals surface area (Å²) in [5.41, 5.74) is 1.05. The van der Waals surface area contributed by atoms with Crippen LogP contribution in [0.4, 0.5) is 16.0 Å². The summed E-state index contributed by atoms with van der Waals surface area (Å²) in [6.45, 7) is 2.48. The number of benzene rings is 1. The van der Waals surface area contributed by atoms with Crippen molar-refractivity contribution in [3.8, 4) is 23.1 Å². The first-order valence-electron chi connectivity index (χ1n) is 9.40. The average molecular weight is 393 g/mol. The van der Waals surface area contributed by atoms with E-state index in [1.54, 1.807) is 18.2 Å². The van der Waals surface area contributed by atoms with Crippen LogP contribution >= 0.6 is 0 Å². The molecule has 9 heteroatoms. The number of nitriles is 1. The lowest BCUT2D eigenvalue weighted by Gasteiger charge is -2.23. The number of halogens is 1. The monoisotopic (exact) mass is 393 g/mol. The summed E-state index contributed by atoms with van der Waals surface area (Å²) >= 11 is 0. The zero-order chi connectivity index (χ0) is 20.1. The number of nitrogens with one attached hydrogen (secondary N) is 3. The number of aromatic amines is 1. The van der Waals surface area contributed by atoms with Crippen LogP contribution in [0.25, 0.3) is 11.3 Å². The first kappa shape index (κ1) is 18.8. The van der Waals surface area contributed by atoms with Crippen LogP contribution in [0.15, 0.2) is 36.7 Å². The molecule has 3 heterocycles.